The number of rotatable bonds is 1. The number of allylic oxidation sites excluding steroid dienone is 2. The Morgan fingerprint density at radius 2 is 1.96 bits per heavy atom. The Morgan fingerprint density at radius 1 is 1.13 bits per heavy atom. The third-order valence-electron chi connectivity index (χ3n) is 4.96. The number of fused-ring (bicyclic) bond motifs is 3. The lowest BCUT2D eigenvalue weighted by Gasteiger charge is -2.39. The molecule has 1 aromatic carbocycles. The molecule has 3 heterocycles. The molecule has 4 rings (SSSR count). The average molecular weight is 304 g/mol. The fourth-order valence-electron chi connectivity index (χ4n) is 3.65. The van der Waals surface area contributed by atoms with Crippen LogP contribution in [0.5, 0.6) is 0 Å². The fraction of sp³-hybridized carbons (Fsp3) is 0.250. The molecule has 0 N–H and O–H groups in total. The Hall–Kier alpha value is -2.55. The molecule has 2 aromatic heterocycles. The second-order valence-electron chi connectivity index (χ2n) is 6.57. The van der Waals surface area contributed by atoms with Gasteiger partial charge in [0.05, 0.1) is 11.7 Å². The first-order valence-corrected chi connectivity index (χ1v) is 7.87. The Labute approximate surface area is 135 Å². The van der Waals surface area contributed by atoms with Gasteiger partial charge in [-0.15, -0.1) is 0 Å². The van der Waals surface area contributed by atoms with Crippen LogP contribution in [0.4, 0.5) is 0 Å². The van der Waals surface area contributed by atoms with Gasteiger partial charge in [0.2, 0.25) is 0 Å². The number of aryl methyl sites for hydroxylation is 1. The molecule has 116 valence electrons. The van der Waals surface area contributed by atoms with Crippen molar-refractivity contribution in [2.24, 2.45) is 0 Å². The molecule has 1 unspecified atom stereocenters. The van der Waals surface area contributed by atoms with Gasteiger partial charge in [0.25, 0.3) is 0 Å². The summed E-state index contributed by atoms with van der Waals surface area (Å²) in [4.78, 5) is 6.43. The van der Waals surface area contributed by atoms with Crippen LogP contribution >= 0.6 is 0 Å². The van der Waals surface area contributed by atoms with Gasteiger partial charge in [0.1, 0.15) is 5.58 Å². The van der Waals surface area contributed by atoms with Gasteiger partial charge in [0.15, 0.2) is 5.58 Å². The molecule has 1 aliphatic rings. The van der Waals surface area contributed by atoms with Gasteiger partial charge in [-0.05, 0) is 38.5 Å². The van der Waals surface area contributed by atoms with E-state index in [-0.39, 0.29) is 5.54 Å². The van der Waals surface area contributed by atoms with E-state index >= 15 is 0 Å². The predicted octanol–water partition coefficient (Wildman–Crippen LogP) is 4.91. The maximum absolute atomic E-state index is 6.22. The van der Waals surface area contributed by atoms with E-state index < -0.39 is 0 Å². The Kier molecular flexibility index (Phi) is 2.89. The van der Waals surface area contributed by atoms with Gasteiger partial charge in [0, 0.05) is 35.8 Å². The molecule has 1 atom stereocenters. The topological polar surface area (TPSA) is 29.3 Å². The lowest BCUT2D eigenvalue weighted by molar-refractivity contribution is 0.259. The van der Waals surface area contributed by atoms with Crippen LogP contribution in [0.2, 0.25) is 0 Å². The van der Waals surface area contributed by atoms with Gasteiger partial charge in [-0.2, -0.15) is 0 Å². The van der Waals surface area contributed by atoms with Crippen LogP contribution in [0.25, 0.3) is 21.9 Å². The molecule has 0 saturated heterocycles. The molecule has 0 amide bonds. The minimum atomic E-state index is -0.232. The largest absolute Gasteiger partial charge is 0.454 e. The van der Waals surface area contributed by atoms with E-state index in [2.05, 4.69) is 68.2 Å². The molecule has 1 aliphatic heterocycles. The van der Waals surface area contributed by atoms with Gasteiger partial charge in [-0.25, -0.2) is 0 Å². The number of hydrogen-bond donors (Lipinski definition) is 0. The van der Waals surface area contributed by atoms with Crippen molar-refractivity contribution in [2.75, 3.05) is 7.05 Å². The number of nitrogens with zero attached hydrogens (tertiary/aromatic N) is 2. The van der Waals surface area contributed by atoms with Gasteiger partial charge in [-0.1, -0.05) is 23.8 Å². The van der Waals surface area contributed by atoms with Gasteiger partial charge in [-0.3, -0.25) is 4.98 Å². The summed E-state index contributed by atoms with van der Waals surface area (Å²) in [6.45, 7) is 6.54. The number of aromatic nitrogens is 1. The normalized spacial score (nSPS) is 21.2. The van der Waals surface area contributed by atoms with Gasteiger partial charge >= 0.3 is 0 Å². The van der Waals surface area contributed by atoms with Crippen molar-refractivity contribution in [3.63, 3.8) is 0 Å². The number of hydrogen-bond acceptors (Lipinski definition) is 3. The average Bonchev–Trinajstić information content (AvgIpc) is 2.89. The Balaban J connectivity index is 2.11. The minimum Gasteiger partial charge on any atom is -0.454 e. The van der Waals surface area contributed by atoms with Crippen LogP contribution in [0.3, 0.4) is 0 Å². The summed E-state index contributed by atoms with van der Waals surface area (Å²) in [5.41, 5.74) is 5.29. The van der Waals surface area contributed by atoms with E-state index in [1.165, 1.54) is 16.7 Å². The summed E-state index contributed by atoms with van der Waals surface area (Å²) in [7, 11) is 2.11. The molecule has 0 bridgehead atoms. The van der Waals surface area contributed by atoms with Gasteiger partial charge < -0.3 is 9.32 Å². The van der Waals surface area contributed by atoms with Crippen LogP contribution in [-0.4, -0.2) is 16.9 Å². The zero-order valence-corrected chi connectivity index (χ0v) is 13.9. The molecule has 0 fully saturated rings. The molecule has 0 radical (unpaired) electrons. The number of benzene rings is 1. The monoisotopic (exact) mass is 304 g/mol. The molecule has 3 nitrogen and oxygen atoms in total. The van der Waals surface area contributed by atoms with Crippen LogP contribution < -0.4 is 0 Å². The third-order valence-corrected chi connectivity index (χ3v) is 4.96. The highest BCUT2D eigenvalue weighted by molar-refractivity contribution is 6.06. The minimum absolute atomic E-state index is 0.232. The summed E-state index contributed by atoms with van der Waals surface area (Å²) < 4.78 is 6.22. The van der Waals surface area contributed by atoms with Crippen molar-refractivity contribution < 1.29 is 4.42 Å². The molecule has 0 aliphatic carbocycles. The summed E-state index contributed by atoms with van der Waals surface area (Å²) in [5, 5.41) is 2.27. The maximum Gasteiger partial charge on any atom is 0.153 e. The number of likely N-dealkylation sites (N-methyl/N-ethyl adjacent to an activating group) is 1. The second kappa shape index (κ2) is 4.72. The van der Waals surface area contributed by atoms with Crippen LogP contribution in [0, 0.1) is 6.92 Å². The lowest BCUT2D eigenvalue weighted by atomic mass is 9.83. The van der Waals surface area contributed by atoms with E-state index in [0.717, 1.165) is 21.9 Å². The zero-order chi connectivity index (χ0) is 16.2. The molecular weight excluding hydrogens is 284 g/mol. The third kappa shape index (κ3) is 1.93. The molecular formula is C20H20N2O. The molecule has 3 heteroatoms. The van der Waals surface area contributed by atoms with Crippen LogP contribution in [0.15, 0.2) is 58.9 Å². The van der Waals surface area contributed by atoms with Crippen molar-refractivity contribution in [2.45, 2.75) is 26.3 Å². The highest BCUT2D eigenvalue weighted by Crippen LogP contribution is 2.42. The highest BCUT2D eigenvalue weighted by Gasteiger charge is 2.34. The SMILES string of the molecule is CC1=CC(C)(c2c(C)ccc3c2oc2cnccc23)N(C)C=C1. The summed E-state index contributed by atoms with van der Waals surface area (Å²) in [6.07, 6.45) is 10.2. The Morgan fingerprint density at radius 3 is 2.78 bits per heavy atom. The van der Waals surface area contributed by atoms with Crippen molar-refractivity contribution in [3.05, 3.63) is 65.6 Å². The molecule has 3 aromatic rings. The van der Waals surface area contributed by atoms with E-state index in [0.29, 0.717) is 0 Å². The van der Waals surface area contributed by atoms with E-state index in [4.69, 9.17) is 4.42 Å². The summed E-state index contributed by atoms with van der Waals surface area (Å²) >= 11 is 0. The highest BCUT2D eigenvalue weighted by atomic mass is 16.3. The van der Waals surface area contributed by atoms with Crippen molar-refractivity contribution in [1.82, 2.24) is 9.88 Å². The Bertz CT molecular complexity index is 980. The fourth-order valence-corrected chi connectivity index (χ4v) is 3.65. The number of pyridine rings is 1. The van der Waals surface area contributed by atoms with Crippen molar-refractivity contribution >= 4 is 21.9 Å². The van der Waals surface area contributed by atoms with Crippen LogP contribution in [0.1, 0.15) is 25.0 Å². The first-order chi connectivity index (χ1) is 11.0. The first-order valence-electron chi connectivity index (χ1n) is 7.87. The van der Waals surface area contributed by atoms with Crippen LogP contribution in [-0.2, 0) is 5.54 Å². The summed E-state index contributed by atoms with van der Waals surface area (Å²) in [6, 6.07) is 6.36. The molecule has 23 heavy (non-hydrogen) atoms. The quantitative estimate of drug-likeness (QED) is 0.639. The second-order valence-corrected chi connectivity index (χ2v) is 6.57. The smallest absolute Gasteiger partial charge is 0.153 e. The van der Waals surface area contributed by atoms with E-state index in [9.17, 15) is 0 Å². The van der Waals surface area contributed by atoms with Crippen molar-refractivity contribution in [1.29, 1.82) is 0 Å². The molecule has 0 spiro atoms. The maximum atomic E-state index is 6.22. The van der Waals surface area contributed by atoms with Crippen molar-refractivity contribution in [3.8, 4) is 0 Å². The van der Waals surface area contributed by atoms with E-state index in [1.807, 2.05) is 12.3 Å². The van der Waals surface area contributed by atoms with E-state index in [1.54, 1.807) is 6.20 Å². The predicted molar refractivity (Wildman–Crippen MR) is 94.3 cm³/mol. The molecule has 0 saturated carbocycles. The number of furan rings is 1. The summed E-state index contributed by atoms with van der Waals surface area (Å²) in [5.74, 6) is 0. The standard InChI is InChI=1S/C20H20N2O/c1-13-8-10-22(4)20(3,11-13)18-14(2)5-6-16-15-7-9-21-12-17(15)23-19(16)18/h5-12H,1-4H3. The first kappa shape index (κ1) is 14.1. The lowest BCUT2D eigenvalue weighted by Crippen LogP contribution is -2.38. The zero-order valence-electron chi connectivity index (χ0n) is 13.9.